The Morgan fingerprint density at radius 3 is 2.92 bits per heavy atom. The minimum atomic E-state index is -0.525. The number of nitrogens with one attached hydrogen (secondary N) is 2. The van der Waals surface area contributed by atoms with Crippen molar-refractivity contribution in [2.75, 3.05) is 25.0 Å². The van der Waals surface area contributed by atoms with Crippen molar-refractivity contribution in [2.24, 2.45) is 0 Å². The predicted octanol–water partition coefficient (Wildman–Crippen LogP) is 1.48. The number of pyridine rings is 1. The van der Waals surface area contributed by atoms with Gasteiger partial charge in [0.1, 0.15) is 6.10 Å². The highest BCUT2D eigenvalue weighted by atomic mass is 35.5. The molecule has 0 spiro atoms. The van der Waals surface area contributed by atoms with Gasteiger partial charge in [-0.3, -0.25) is 9.59 Å². The van der Waals surface area contributed by atoms with Crippen molar-refractivity contribution >= 4 is 23.2 Å². The molecule has 0 radical (unpaired) electrons. The van der Waals surface area contributed by atoms with Crippen LogP contribution in [0.5, 0.6) is 0 Å². The first kappa shape index (κ1) is 16.7. The maximum Gasteiger partial charge on any atom is 0.254 e. The average Bonchev–Trinajstić information content (AvgIpc) is 2.60. The number of carbonyl (C=O) groups is 1. The number of ether oxygens (including phenoxy) is 1. The molecule has 1 aliphatic rings. The van der Waals surface area contributed by atoms with E-state index in [-0.39, 0.29) is 11.5 Å². The van der Waals surface area contributed by atoms with Crippen LogP contribution in [0.25, 0.3) is 0 Å². The lowest BCUT2D eigenvalue weighted by molar-refractivity contribution is -0.128. The Morgan fingerprint density at radius 2 is 2.17 bits per heavy atom. The summed E-state index contributed by atoms with van der Waals surface area (Å²) < 4.78 is 6.93. The van der Waals surface area contributed by atoms with Gasteiger partial charge in [-0.25, -0.2) is 0 Å². The Hall–Kier alpha value is -2.15. The van der Waals surface area contributed by atoms with Crippen molar-refractivity contribution in [3.63, 3.8) is 0 Å². The average molecular weight is 348 g/mol. The molecule has 2 heterocycles. The van der Waals surface area contributed by atoms with Gasteiger partial charge in [0, 0.05) is 30.4 Å². The van der Waals surface area contributed by atoms with Crippen LogP contribution in [-0.4, -0.2) is 36.3 Å². The minimum absolute atomic E-state index is 0.163. The van der Waals surface area contributed by atoms with Crippen LogP contribution < -0.4 is 16.2 Å². The number of rotatable bonds is 4. The van der Waals surface area contributed by atoms with Crippen LogP contribution in [0.2, 0.25) is 5.02 Å². The van der Waals surface area contributed by atoms with Crippen molar-refractivity contribution < 1.29 is 9.53 Å². The zero-order chi connectivity index (χ0) is 16.9. The molecule has 3 rings (SSSR count). The van der Waals surface area contributed by atoms with Gasteiger partial charge < -0.3 is 19.9 Å². The fraction of sp³-hybridized carbons (Fsp3) is 0.294. The summed E-state index contributed by atoms with van der Waals surface area (Å²) in [5.74, 6) is -0.231. The van der Waals surface area contributed by atoms with Gasteiger partial charge in [0.15, 0.2) is 0 Å². The fourth-order valence-electron chi connectivity index (χ4n) is 2.50. The van der Waals surface area contributed by atoms with Crippen LogP contribution in [0.1, 0.15) is 5.56 Å². The molecule has 0 unspecified atom stereocenters. The van der Waals surface area contributed by atoms with E-state index in [9.17, 15) is 9.59 Å². The predicted molar refractivity (Wildman–Crippen MR) is 92.5 cm³/mol. The number of hydrogen-bond donors (Lipinski definition) is 2. The summed E-state index contributed by atoms with van der Waals surface area (Å²) in [6.07, 6.45) is 1.09. The second kappa shape index (κ2) is 7.61. The first-order valence-corrected chi connectivity index (χ1v) is 8.08. The molecule has 0 bridgehead atoms. The number of anilines is 1. The van der Waals surface area contributed by atoms with E-state index in [0.717, 1.165) is 12.1 Å². The van der Waals surface area contributed by atoms with Gasteiger partial charge in [-0.1, -0.05) is 29.8 Å². The van der Waals surface area contributed by atoms with E-state index in [0.29, 0.717) is 30.4 Å². The maximum absolute atomic E-state index is 12.2. The first-order valence-electron chi connectivity index (χ1n) is 7.70. The number of carbonyl (C=O) groups excluding carboxylic acids is 1. The standard InChI is InChI=1S/C17H18ClN3O3/c18-14-4-2-1-3-12(14)10-21-11-13(5-6-16(21)22)20-17(23)15-9-19-7-8-24-15/h1-6,11,15,19H,7-10H2,(H,20,23)/t15-/m0/s1. The Kier molecular flexibility index (Phi) is 5.30. The second-order valence-corrected chi connectivity index (χ2v) is 5.94. The van der Waals surface area contributed by atoms with Crippen molar-refractivity contribution in [2.45, 2.75) is 12.6 Å². The summed E-state index contributed by atoms with van der Waals surface area (Å²) in [4.78, 5) is 24.2. The van der Waals surface area contributed by atoms with E-state index in [1.54, 1.807) is 18.3 Å². The summed E-state index contributed by atoms with van der Waals surface area (Å²) in [6.45, 7) is 2.06. The molecule has 126 valence electrons. The quantitative estimate of drug-likeness (QED) is 0.878. The SMILES string of the molecule is O=C(Nc1ccc(=O)n(Cc2ccccc2Cl)c1)[C@@H]1CNCCO1. The first-order chi connectivity index (χ1) is 11.6. The second-order valence-electron chi connectivity index (χ2n) is 5.53. The molecule has 1 amide bonds. The number of benzene rings is 1. The van der Waals surface area contributed by atoms with Crippen molar-refractivity contribution in [1.82, 2.24) is 9.88 Å². The van der Waals surface area contributed by atoms with Crippen molar-refractivity contribution in [3.05, 3.63) is 63.5 Å². The third-order valence-corrected chi connectivity index (χ3v) is 4.14. The Labute approximate surface area is 144 Å². The molecule has 1 aromatic carbocycles. The number of amides is 1. The van der Waals surface area contributed by atoms with Gasteiger partial charge in [0.2, 0.25) is 0 Å². The molecule has 1 aliphatic heterocycles. The summed E-state index contributed by atoms with van der Waals surface area (Å²) >= 11 is 6.14. The van der Waals surface area contributed by atoms with Gasteiger partial charge in [-0.15, -0.1) is 0 Å². The zero-order valence-electron chi connectivity index (χ0n) is 13.0. The van der Waals surface area contributed by atoms with Gasteiger partial charge in [0.05, 0.1) is 18.8 Å². The summed E-state index contributed by atoms with van der Waals surface area (Å²) in [7, 11) is 0. The number of aromatic nitrogens is 1. The van der Waals surface area contributed by atoms with Gasteiger partial charge in [0.25, 0.3) is 11.5 Å². The summed E-state index contributed by atoms with van der Waals surface area (Å²) in [5.41, 5.74) is 1.22. The van der Waals surface area contributed by atoms with Crippen LogP contribution in [0.4, 0.5) is 5.69 Å². The van der Waals surface area contributed by atoms with E-state index in [1.807, 2.05) is 18.2 Å². The Balaban J connectivity index is 1.75. The Morgan fingerprint density at radius 1 is 1.33 bits per heavy atom. The molecule has 6 nitrogen and oxygen atoms in total. The number of nitrogens with zero attached hydrogens (tertiary/aromatic N) is 1. The lowest BCUT2D eigenvalue weighted by Gasteiger charge is -2.22. The molecule has 0 saturated carbocycles. The number of hydrogen-bond acceptors (Lipinski definition) is 4. The molecule has 2 N–H and O–H groups in total. The van der Waals surface area contributed by atoms with E-state index in [2.05, 4.69) is 10.6 Å². The van der Waals surface area contributed by atoms with Crippen molar-refractivity contribution in [3.8, 4) is 0 Å². The maximum atomic E-state index is 12.2. The third kappa shape index (κ3) is 4.03. The van der Waals surface area contributed by atoms with E-state index in [1.165, 1.54) is 10.6 Å². The lowest BCUT2D eigenvalue weighted by atomic mass is 10.2. The monoisotopic (exact) mass is 347 g/mol. The smallest absolute Gasteiger partial charge is 0.254 e. The molecule has 24 heavy (non-hydrogen) atoms. The van der Waals surface area contributed by atoms with Crippen molar-refractivity contribution in [1.29, 1.82) is 0 Å². The van der Waals surface area contributed by atoms with Gasteiger partial charge >= 0.3 is 0 Å². The molecule has 7 heteroatoms. The van der Waals surface area contributed by atoms with E-state index >= 15 is 0 Å². The molecular weight excluding hydrogens is 330 g/mol. The lowest BCUT2D eigenvalue weighted by Crippen LogP contribution is -2.45. The molecule has 1 atom stereocenters. The number of morpholine rings is 1. The van der Waals surface area contributed by atoms with E-state index in [4.69, 9.17) is 16.3 Å². The summed E-state index contributed by atoms with van der Waals surface area (Å²) in [6, 6.07) is 10.4. The highest BCUT2D eigenvalue weighted by molar-refractivity contribution is 6.31. The zero-order valence-corrected chi connectivity index (χ0v) is 13.8. The van der Waals surface area contributed by atoms with Crippen LogP contribution in [0.15, 0.2) is 47.4 Å². The summed E-state index contributed by atoms with van der Waals surface area (Å²) in [5, 5.41) is 6.49. The molecule has 2 aromatic rings. The molecule has 1 fully saturated rings. The van der Waals surface area contributed by atoms with Crippen LogP contribution >= 0.6 is 11.6 Å². The van der Waals surface area contributed by atoms with Crippen LogP contribution in [0, 0.1) is 0 Å². The highest BCUT2D eigenvalue weighted by Gasteiger charge is 2.21. The van der Waals surface area contributed by atoms with E-state index < -0.39 is 6.10 Å². The largest absolute Gasteiger partial charge is 0.366 e. The minimum Gasteiger partial charge on any atom is -0.366 e. The van der Waals surface area contributed by atoms with Gasteiger partial charge in [-0.2, -0.15) is 0 Å². The number of halogens is 1. The molecule has 1 saturated heterocycles. The fourth-order valence-corrected chi connectivity index (χ4v) is 2.69. The molecule has 1 aromatic heterocycles. The molecular formula is C17H18ClN3O3. The van der Waals surface area contributed by atoms with Crippen LogP contribution in [-0.2, 0) is 16.1 Å². The normalized spacial score (nSPS) is 17.5. The van der Waals surface area contributed by atoms with Gasteiger partial charge in [-0.05, 0) is 17.7 Å². The Bertz CT molecular complexity index is 785. The highest BCUT2D eigenvalue weighted by Crippen LogP contribution is 2.16. The molecule has 0 aliphatic carbocycles. The third-order valence-electron chi connectivity index (χ3n) is 3.77. The van der Waals surface area contributed by atoms with Crippen LogP contribution in [0.3, 0.4) is 0 Å². The topological polar surface area (TPSA) is 72.4 Å².